The minimum absolute atomic E-state index is 0. The molecule has 1 aromatic heterocycles. The lowest BCUT2D eigenvalue weighted by Crippen LogP contribution is -2.49. The summed E-state index contributed by atoms with van der Waals surface area (Å²) in [7, 11) is 0. The van der Waals surface area contributed by atoms with Gasteiger partial charge in [0.15, 0.2) is 5.82 Å². The van der Waals surface area contributed by atoms with Crippen LogP contribution < -0.4 is 10.6 Å². The summed E-state index contributed by atoms with van der Waals surface area (Å²) in [6.07, 6.45) is 4.29. The lowest BCUT2D eigenvalue weighted by Gasteiger charge is -2.29. The zero-order chi connectivity index (χ0) is 14.7. The number of morpholine rings is 1. The van der Waals surface area contributed by atoms with E-state index < -0.39 is 5.54 Å². The fourth-order valence-electron chi connectivity index (χ4n) is 3.17. The van der Waals surface area contributed by atoms with Gasteiger partial charge in [0.2, 0.25) is 11.8 Å². The Morgan fingerprint density at radius 1 is 1.45 bits per heavy atom. The van der Waals surface area contributed by atoms with Crippen LogP contribution in [0, 0.1) is 6.92 Å². The van der Waals surface area contributed by atoms with E-state index >= 15 is 0 Å². The van der Waals surface area contributed by atoms with Gasteiger partial charge in [-0.3, -0.25) is 4.79 Å². The Balaban J connectivity index is 0.00000176. The SMILES string of the molecule is Cc1nc(C2(NC(=O)CC3COCCN3)CCCC2)no1.Cl. The average Bonchev–Trinajstić information content (AvgIpc) is 3.10. The van der Waals surface area contributed by atoms with Crippen LogP contribution in [0.2, 0.25) is 0 Å². The number of carbonyl (C=O) groups excluding carboxylic acids is 1. The van der Waals surface area contributed by atoms with Gasteiger partial charge in [0, 0.05) is 25.9 Å². The monoisotopic (exact) mass is 330 g/mol. The van der Waals surface area contributed by atoms with Crippen molar-refractivity contribution in [2.45, 2.75) is 50.6 Å². The van der Waals surface area contributed by atoms with Crippen LogP contribution in [0.25, 0.3) is 0 Å². The van der Waals surface area contributed by atoms with Gasteiger partial charge in [0.25, 0.3) is 0 Å². The van der Waals surface area contributed by atoms with E-state index in [9.17, 15) is 4.79 Å². The third-order valence-electron chi connectivity index (χ3n) is 4.22. The number of aromatic nitrogens is 2. The van der Waals surface area contributed by atoms with Gasteiger partial charge in [-0.15, -0.1) is 12.4 Å². The first-order valence-corrected chi connectivity index (χ1v) is 7.61. The van der Waals surface area contributed by atoms with E-state index in [0.717, 1.165) is 32.2 Å². The Bertz CT molecular complexity index is 496. The number of hydrogen-bond donors (Lipinski definition) is 2. The molecule has 3 rings (SSSR count). The molecule has 22 heavy (non-hydrogen) atoms. The molecule has 124 valence electrons. The molecule has 8 heteroatoms. The van der Waals surface area contributed by atoms with E-state index in [1.165, 1.54) is 0 Å². The summed E-state index contributed by atoms with van der Waals surface area (Å²) < 4.78 is 10.5. The van der Waals surface area contributed by atoms with Crippen molar-refractivity contribution in [3.63, 3.8) is 0 Å². The zero-order valence-electron chi connectivity index (χ0n) is 12.8. The van der Waals surface area contributed by atoms with Crippen molar-refractivity contribution in [3.05, 3.63) is 11.7 Å². The topological polar surface area (TPSA) is 89.3 Å². The second-order valence-corrected chi connectivity index (χ2v) is 5.90. The largest absolute Gasteiger partial charge is 0.378 e. The maximum atomic E-state index is 12.4. The third-order valence-corrected chi connectivity index (χ3v) is 4.22. The first-order valence-electron chi connectivity index (χ1n) is 7.61. The van der Waals surface area contributed by atoms with Crippen LogP contribution in [0.4, 0.5) is 0 Å². The highest BCUT2D eigenvalue weighted by molar-refractivity contribution is 5.85. The summed E-state index contributed by atoms with van der Waals surface area (Å²) in [6.45, 7) is 3.86. The number of amides is 1. The second-order valence-electron chi connectivity index (χ2n) is 5.90. The number of halogens is 1. The Hall–Kier alpha value is -1.18. The van der Waals surface area contributed by atoms with Crippen LogP contribution in [-0.4, -0.2) is 41.8 Å². The van der Waals surface area contributed by atoms with Gasteiger partial charge in [0.05, 0.1) is 13.2 Å². The molecule has 1 unspecified atom stereocenters. The van der Waals surface area contributed by atoms with Crippen molar-refractivity contribution in [2.75, 3.05) is 19.8 Å². The summed E-state index contributed by atoms with van der Waals surface area (Å²) in [6, 6.07) is 0.0872. The minimum atomic E-state index is -0.454. The van der Waals surface area contributed by atoms with Crippen molar-refractivity contribution >= 4 is 18.3 Å². The fraction of sp³-hybridized carbons (Fsp3) is 0.786. The first-order chi connectivity index (χ1) is 10.2. The molecule has 0 bridgehead atoms. The number of aryl methyl sites for hydroxylation is 1. The summed E-state index contributed by atoms with van der Waals surface area (Å²) in [4.78, 5) is 16.7. The van der Waals surface area contributed by atoms with E-state index in [0.29, 0.717) is 31.3 Å². The van der Waals surface area contributed by atoms with Crippen LogP contribution in [0.1, 0.15) is 43.8 Å². The van der Waals surface area contributed by atoms with Gasteiger partial charge >= 0.3 is 0 Å². The minimum Gasteiger partial charge on any atom is -0.378 e. The molecule has 2 heterocycles. The number of rotatable bonds is 4. The zero-order valence-corrected chi connectivity index (χ0v) is 13.6. The Morgan fingerprint density at radius 3 is 2.82 bits per heavy atom. The van der Waals surface area contributed by atoms with Gasteiger partial charge in [-0.1, -0.05) is 18.0 Å². The lowest BCUT2D eigenvalue weighted by atomic mass is 9.96. The molecule has 0 aromatic carbocycles. The Morgan fingerprint density at radius 2 is 2.23 bits per heavy atom. The molecule has 1 saturated heterocycles. The summed E-state index contributed by atoms with van der Waals surface area (Å²) >= 11 is 0. The van der Waals surface area contributed by atoms with E-state index in [4.69, 9.17) is 9.26 Å². The van der Waals surface area contributed by atoms with E-state index in [2.05, 4.69) is 20.8 Å². The average molecular weight is 331 g/mol. The molecular weight excluding hydrogens is 308 g/mol. The van der Waals surface area contributed by atoms with Crippen LogP contribution in [0.5, 0.6) is 0 Å². The maximum absolute atomic E-state index is 12.4. The number of nitrogens with zero attached hydrogens (tertiary/aromatic N) is 2. The molecule has 1 aromatic rings. The van der Waals surface area contributed by atoms with Crippen LogP contribution in [-0.2, 0) is 15.1 Å². The lowest BCUT2D eigenvalue weighted by molar-refractivity contribution is -0.124. The molecule has 1 saturated carbocycles. The highest BCUT2D eigenvalue weighted by Gasteiger charge is 2.41. The predicted octanol–water partition coefficient (Wildman–Crippen LogP) is 1.06. The quantitative estimate of drug-likeness (QED) is 0.858. The summed E-state index contributed by atoms with van der Waals surface area (Å²) in [5.74, 6) is 1.16. The van der Waals surface area contributed by atoms with Crippen molar-refractivity contribution < 1.29 is 14.1 Å². The van der Waals surface area contributed by atoms with Gasteiger partial charge < -0.3 is 19.9 Å². The molecule has 1 aliphatic carbocycles. The number of carbonyl (C=O) groups is 1. The van der Waals surface area contributed by atoms with Crippen LogP contribution in [0.3, 0.4) is 0 Å². The van der Waals surface area contributed by atoms with E-state index in [-0.39, 0.29) is 24.4 Å². The molecule has 7 nitrogen and oxygen atoms in total. The van der Waals surface area contributed by atoms with Crippen LogP contribution in [0.15, 0.2) is 4.52 Å². The normalized spacial score (nSPS) is 23.8. The highest BCUT2D eigenvalue weighted by atomic mass is 35.5. The summed E-state index contributed by atoms with van der Waals surface area (Å²) in [5.41, 5.74) is -0.454. The predicted molar refractivity (Wildman–Crippen MR) is 81.8 cm³/mol. The fourth-order valence-corrected chi connectivity index (χ4v) is 3.17. The van der Waals surface area contributed by atoms with Gasteiger partial charge in [-0.05, 0) is 12.8 Å². The number of hydrogen-bond acceptors (Lipinski definition) is 6. The molecule has 0 radical (unpaired) electrons. The molecule has 1 amide bonds. The van der Waals surface area contributed by atoms with Gasteiger partial charge in [-0.25, -0.2) is 0 Å². The van der Waals surface area contributed by atoms with Crippen molar-refractivity contribution in [1.82, 2.24) is 20.8 Å². The van der Waals surface area contributed by atoms with Gasteiger partial charge in [-0.2, -0.15) is 4.98 Å². The molecule has 2 N–H and O–H groups in total. The van der Waals surface area contributed by atoms with Crippen molar-refractivity contribution in [2.24, 2.45) is 0 Å². The molecule has 1 aliphatic heterocycles. The number of ether oxygens (including phenoxy) is 1. The first kappa shape index (κ1) is 17.2. The molecule has 2 aliphatic rings. The Labute approximate surface area is 136 Å². The smallest absolute Gasteiger partial charge is 0.223 e. The molecule has 0 spiro atoms. The number of nitrogens with one attached hydrogen (secondary N) is 2. The van der Waals surface area contributed by atoms with Crippen molar-refractivity contribution in [3.8, 4) is 0 Å². The molecule has 1 atom stereocenters. The van der Waals surface area contributed by atoms with E-state index in [1.54, 1.807) is 6.92 Å². The summed E-state index contributed by atoms with van der Waals surface area (Å²) in [5, 5.41) is 10.5. The van der Waals surface area contributed by atoms with Crippen molar-refractivity contribution in [1.29, 1.82) is 0 Å². The molecular formula is C14H23ClN4O3. The highest BCUT2D eigenvalue weighted by Crippen LogP contribution is 2.37. The Kier molecular flexibility index (Phi) is 5.77. The second kappa shape index (κ2) is 7.39. The standard InChI is InChI=1S/C14H22N4O3.ClH/c1-10-16-13(18-21-10)14(4-2-3-5-14)17-12(19)8-11-9-20-7-6-15-11;/h11,15H,2-9H2,1H3,(H,17,19);1H. The van der Waals surface area contributed by atoms with E-state index in [1.807, 2.05) is 0 Å². The molecule has 2 fully saturated rings. The van der Waals surface area contributed by atoms with Gasteiger partial charge in [0.1, 0.15) is 5.54 Å². The van der Waals surface area contributed by atoms with Crippen LogP contribution >= 0.6 is 12.4 Å². The maximum Gasteiger partial charge on any atom is 0.223 e. The third kappa shape index (κ3) is 3.77.